The van der Waals surface area contributed by atoms with Crippen molar-refractivity contribution in [3.8, 4) is 0 Å². The van der Waals surface area contributed by atoms with E-state index < -0.39 is 0 Å². The summed E-state index contributed by atoms with van der Waals surface area (Å²) < 4.78 is 0. The number of fused-ring (bicyclic) bond motifs is 1. The SMILES string of the molecule is O=C(NCc1ccccc1)C1NNC2CCCCC21. The van der Waals surface area contributed by atoms with Gasteiger partial charge in [-0.25, -0.2) is 5.43 Å². The van der Waals surface area contributed by atoms with Gasteiger partial charge in [-0.3, -0.25) is 10.2 Å². The van der Waals surface area contributed by atoms with Crippen molar-refractivity contribution in [1.29, 1.82) is 0 Å². The summed E-state index contributed by atoms with van der Waals surface area (Å²) in [6.45, 7) is 0.606. The monoisotopic (exact) mass is 259 g/mol. The molecule has 3 rings (SSSR count). The van der Waals surface area contributed by atoms with Crippen LogP contribution in [0.4, 0.5) is 0 Å². The van der Waals surface area contributed by atoms with Gasteiger partial charge >= 0.3 is 0 Å². The van der Waals surface area contributed by atoms with E-state index in [0.29, 0.717) is 18.5 Å². The molecule has 2 aliphatic rings. The minimum absolute atomic E-state index is 0.0750. The van der Waals surface area contributed by atoms with Gasteiger partial charge in [-0.05, 0) is 18.4 Å². The average molecular weight is 259 g/mol. The van der Waals surface area contributed by atoms with Crippen LogP contribution in [0.5, 0.6) is 0 Å². The van der Waals surface area contributed by atoms with Crippen molar-refractivity contribution < 1.29 is 4.79 Å². The summed E-state index contributed by atoms with van der Waals surface area (Å²) in [5, 5.41) is 3.03. The van der Waals surface area contributed by atoms with E-state index in [1.807, 2.05) is 30.3 Å². The Kier molecular flexibility index (Phi) is 3.80. The molecule has 4 heteroatoms. The number of carbonyl (C=O) groups excluding carboxylic acids is 1. The standard InChI is InChI=1S/C15H21N3O/c19-15(16-10-11-6-2-1-3-7-11)14-12-8-4-5-9-13(12)17-18-14/h1-3,6-7,12-14,17-18H,4-5,8-10H2,(H,16,19). The van der Waals surface area contributed by atoms with Gasteiger partial charge in [0.1, 0.15) is 6.04 Å². The zero-order valence-corrected chi connectivity index (χ0v) is 11.1. The molecule has 1 aromatic carbocycles. The third kappa shape index (κ3) is 2.80. The summed E-state index contributed by atoms with van der Waals surface area (Å²) in [6.07, 6.45) is 4.84. The maximum Gasteiger partial charge on any atom is 0.239 e. The molecule has 3 atom stereocenters. The molecule has 102 valence electrons. The predicted molar refractivity (Wildman–Crippen MR) is 74.1 cm³/mol. The van der Waals surface area contributed by atoms with Crippen molar-refractivity contribution in [2.24, 2.45) is 5.92 Å². The molecule has 4 nitrogen and oxygen atoms in total. The molecule has 1 saturated heterocycles. The van der Waals surface area contributed by atoms with Crippen LogP contribution in [0.1, 0.15) is 31.2 Å². The van der Waals surface area contributed by atoms with Crippen LogP contribution < -0.4 is 16.2 Å². The first kappa shape index (κ1) is 12.6. The molecule has 1 aliphatic carbocycles. The molecule has 2 fully saturated rings. The lowest BCUT2D eigenvalue weighted by molar-refractivity contribution is -0.124. The third-order valence-corrected chi connectivity index (χ3v) is 4.26. The minimum atomic E-state index is -0.0750. The molecule has 1 heterocycles. The summed E-state index contributed by atoms with van der Waals surface area (Å²) in [4.78, 5) is 12.3. The molecule has 1 aliphatic heterocycles. The van der Waals surface area contributed by atoms with Gasteiger partial charge in [0, 0.05) is 18.5 Å². The van der Waals surface area contributed by atoms with Crippen LogP contribution in [-0.2, 0) is 11.3 Å². The fourth-order valence-electron chi connectivity index (χ4n) is 3.20. The Hall–Kier alpha value is -1.39. The Balaban J connectivity index is 1.56. The van der Waals surface area contributed by atoms with Crippen LogP contribution in [0, 0.1) is 5.92 Å². The minimum Gasteiger partial charge on any atom is -0.351 e. The van der Waals surface area contributed by atoms with E-state index in [1.54, 1.807) is 0 Å². The fraction of sp³-hybridized carbons (Fsp3) is 0.533. The predicted octanol–water partition coefficient (Wildman–Crippen LogP) is 1.34. The number of amides is 1. The van der Waals surface area contributed by atoms with Crippen molar-refractivity contribution >= 4 is 5.91 Å². The molecule has 0 radical (unpaired) electrons. The fourth-order valence-corrected chi connectivity index (χ4v) is 3.20. The van der Waals surface area contributed by atoms with Gasteiger partial charge in [0.15, 0.2) is 0 Å². The Labute approximate surface area is 113 Å². The highest BCUT2D eigenvalue weighted by molar-refractivity contribution is 5.82. The van der Waals surface area contributed by atoms with E-state index in [1.165, 1.54) is 19.3 Å². The van der Waals surface area contributed by atoms with Crippen molar-refractivity contribution in [3.63, 3.8) is 0 Å². The van der Waals surface area contributed by atoms with Gasteiger partial charge in [0.25, 0.3) is 0 Å². The molecule has 3 unspecified atom stereocenters. The highest BCUT2D eigenvalue weighted by Gasteiger charge is 2.40. The molecule has 19 heavy (non-hydrogen) atoms. The van der Waals surface area contributed by atoms with Gasteiger partial charge in [0.05, 0.1) is 0 Å². The lowest BCUT2D eigenvalue weighted by Gasteiger charge is -2.26. The molecule has 0 bridgehead atoms. The van der Waals surface area contributed by atoms with Crippen LogP contribution >= 0.6 is 0 Å². The molecule has 3 N–H and O–H groups in total. The van der Waals surface area contributed by atoms with Gasteiger partial charge in [-0.1, -0.05) is 43.2 Å². The van der Waals surface area contributed by atoms with E-state index in [4.69, 9.17) is 0 Å². The molecular weight excluding hydrogens is 238 g/mol. The molecule has 1 amide bonds. The zero-order chi connectivity index (χ0) is 13.1. The topological polar surface area (TPSA) is 53.2 Å². The average Bonchev–Trinajstić information content (AvgIpc) is 2.90. The van der Waals surface area contributed by atoms with Crippen molar-refractivity contribution in [1.82, 2.24) is 16.2 Å². The van der Waals surface area contributed by atoms with Crippen molar-refractivity contribution in [2.45, 2.75) is 44.3 Å². The van der Waals surface area contributed by atoms with Gasteiger partial charge in [0.2, 0.25) is 5.91 Å². The highest BCUT2D eigenvalue weighted by Crippen LogP contribution is 2.30. The molecule has 0 aromatic heterocycles. The molecule has 1 saturated carbocycles. The second kappa shape index (κ2) is 5.72. The number of benzene rings is 1. The number of hydrazine groups is 1. The second-order valence-electron chi connectivity index (χ2n) is 5.52. The van der Waals surface area contributed by atoms with Crippen LogP contribution in [0.2, 0.25) is 0 Å². The number of carbonyl (C=O) groups is 1. The summed E-state index contributed by atoms with van der Waals surface area (Å²) >= 11 is 0. The number of rotatable bonds is 3. The first-order valence-corrected chi connectivity index (χ1v) is 7.17. The van der Waals surface area contributed by atoms with Crippen molar-refractivity contribution in [2.75, 3.05) is 0 Å². The number of hydrogen-bond donors (Lipinski definition) is 3. The first-order chi connectivity index (χ1) is 9.34. The first-order valence-electron chi connectivity index (χ1n) is 7.17. The van der Waals surface area contributed by atoms with E-state index in [9.17, 15) is 4.79 Å². The lowest BCUT2D eigenvalue weighted by atomic mass is 9.81. The van der Waals surface area contributed by atoms with E-state index in [0.717, 1.165) is 12.0 Å². The normalized spacial score (nSPS) is 29.8. The van der Waals surface area contributed by atoms with Crippen LogP contribution in [0.15, 0.2) is 30.3 Å². The zero-order valence-electron chi connectivity index (χ0n) is 11.1. The highest BCUT2D eigenvalue weighted by atomic mass is 16.2. The molecule has 1 aromatic rings. The summed E-state index contributed by atoms with van der Waals surface area (Å²) in [5.74, 6) is 0.565. The van der Waals surface area contributed by atoms with Crippen molar-refractivity contribution in [3.05, 3.63) is 35.9 Å². The van der Waals surface area contributed by atoms with Gasteiger partial charge < -0.3 is 5.32 Å². The largest absolute Gasteiger partial charge is 0.351 e. The smallest absolute Gasteiger partial charge is 0.239 e. The second-order valence-corrected chi connectivity index (χ2v) is 5.52. The molecule has 0 spiro atoms. The maximum atomic E-state index is 12.3. The van der Waals surface area contributed by atoms with E-state index >= 15 is 0 Å². The Morgan fingerprint density at radius 3 is 2.79 bits per heavy atom. The Morgan fingerprint density at radius 1 is 1.16 bits per heavy atom. The summed E-state index contributed by atoms with van der Waals surface area (Å²) in [5.41, 5.74) is 7.59. The lowest BCUT2D eigenvalue weighted by Crippen LogP contribution is -2.45. The van der Waals surface area contributed by atoms with Crippen LogP contribution in [0.25, 0.3) is 0 Å². The number of hydrogen-bond acceptors (Lipinski definition) is 3. The van der Waals surface area contributed by atoms with Crippen LogP contribution in [-0.4, -0.2) is 18.0 Å². The Morgan fingerprint density at radius 2 is 1.95 bits per heavy atom. The summed E-state index contributed by atoms with van der Waals surface area (Å²) in [7, 11) is 0. The summed E-state index contributed by atoms with van der Waals surface area (Å²) in [6, 6.07) is 10.4. The van der Waals surface area contributed by atoms with Gasteiger partial charge in [-0.2, -0.15) is 0 Å². The third-order valence-electron chi connectivity index (χ3n) is 4.26. The van der Waals surface area contributed by atoms with Gasteiger partial charge in [-0.15, -0.1) is 0 Å². The van der Waals surface area contributed by atoms with E-state index in [2.05, 4.69) is 16.2 Å². The van der Waals surface area contributed by atoms with E-state index in [-0.39, 0.29) is 11.9 Å². The quantitative estimate of drug-likeness (QED) is 0.768. The number of nitrogens with one attached hydrogen (secondary N) is 3. The Bertz CT molecular complexity index is 434. The molecular formula is C15H21N3O. The maximum absolute atomic E-state index is 12.3. The van der Waals surface area contributed by atoms with Crippen LogP contribution in [0.3, 0.4) is 0 Å².